The van der Waals surface area contributed by atoms with Crippen molar-refractivity contribution < 1.29 is 14.6 Å². The van der Waals surface area contributed by atoms with Gasteiger partial charge in [0.05, 0.1) is 18.2 Å². The van der Waals surface area contributed by atoms with Crippen LogP contribution in [-0.4, -0.2) is 22.7 Å². The Balaban J connectivity index is 1.96. The Kier molecular flexibility index (Phi) is 5.69. The van der Waals surface area contributed by atoms with Gasteiger partial charge in [0.2, 0.25) is 0 Å². The molecule has 0 spiro atoms. The lowest BCUT2D eigenvalue weighted by atomic mass is 10.0. The lowest BCUT2D eigenvalue weighted by molar-refractivity contribution is -0.144. The quantitative estimate of drug-likeness (QED) is 0.626. The average Bonchev–Trinajstić information content (AvgIpc) is 2.52. The number of aliphatic hydroxyl groups is 1. The molecule has 2 aromatic rings. The maximum absolute atomic E-state index is 11.6. The van der Waals surface area contributed by atoms with Crippen LogP contribution in [0.4, 0.5) is 0 Å². The van der Waals surface area contributed by atoms with Crippen LogP contribution in [0.1, 0.15) is 44.3 Å². The maximum atomic E-state index is 11.6. The number of unbranched alkanes of at least 4 members (excludes halogenated alkanes) is 1. The van der Waals surface area contributed by atoms with Crippen molar-refractivity contribution in [1.29, 1.82) is 0 Å². The second kappa shape index (κ2) is 7.74. The monoisotopic (exact) mass is 287 g/mol. The molecule has 1 heterocycles. The van der Waals surface area contributed by atoms with Crippen LogP contribution < -0.4 is 0 Å². The van der Waals surface area contributed by atoms with E-state index in [2.05, 4.69) is 4.98 Å². The van der Waals surface area contributed by atoms with E-state index in [9.17, 15) is 9.90 Å². The first-order valence-electron chi connectivity index (χ1n) is 7.39. The molecule has 0 aliphatic rings. The molecule has 112 valence electrons. The van der Waals surface area contributed by atoms with E-state index in [-0.39, 0.29) is 12.4 Å². The van der Waals surface area contributed by atoms with E-state index in [1.807, 2.05) is 37.3 Å². The van der Waals surface area contributed by atoms with Crippen LogP contribution in [0.15, 0.2) is 36.5 Å². The third-order valence-electron chi connectivity index (χ3n) is 3.41. The molecule has 0 saturated heterocycles. The summed E-state index contributed by atoms with van der Waals surface area (Å²) in [6.07, 6.45) is 3.44. The summed E-state index contributed by atoms with van der Waals surface area (Å²) < 4.78 is 5.09. The number of hydrogen-bond donors (Lipinski definition) is 1. The molecule has 0 fully saturated rings. The minimum absolute atomic E-state index is 0.216. The first-order chi connectivity index (χ1) is 10.2. The summed E-state index contributed by atoms with van der Waals surface area (Å²) in [7, 11) is 0. The molecule has 1 unspecified atom stereocenters. The molecule has 1 atom stereocenters. The van der Waals surface area contributed by atoms with Gasteiger partial charge in [0.1, 0.15) is 0 Å². The highest BCUT2D eigenvalue weighted by Crippen LogP contribution is 2.25. The van der Waals surface area contributed by atoms with Crippen LogP contribution in [0.5, 0.6) is 0 Å². The molecule has 0 aliphatic heterocycles. The van der Waals surface area contributed by atoms with Crippen molar-refractivity contribution in [3.8, 4) is 0 Å². The van der Waals surface area contributed by atoms with Crippen LogP contribution in [0.3, 0.4) is 0 Å². The zero-order valence-electron chi connectivity index (χ0n) is 12.3. The van der Waals surface area contributed by atoms with E-state index in [0.717, 1.165) is 29.3 Å². The van der Waals surface area contributed by atoms with Crippen molar-refractivity contribution >= 4 is 16.9 Å². The molecule has 21 heavy (non-hydrogen) atoms. The van der Waals surface area contributed by atoms with Gasteiger partial charge in [-0.1, -0.05) is 37.6 Å². The van der Waals surface area contributed by atoms with E-state index in [4.69, 9.17) is 4.74 Å². The highest BCUT2D eigenvalue weighted by Gasteiger charge is 2.14. The van der Waals surface area contributed by atoms with E-state index >= 15 is 0 Å². The van der Waals surface area contributed by atoms with Gasteiger partial charge in [0, 0.05) is 23.6 Å². The fraction of sp³-hybridized carbons (Fsp3) is 0.412. The van der Waals surface area contributed by atoms with E-state index in [1.165, 1.54) is 0 Å². The number of fused-ring (bicyclic) bond motifs is 1. The normalized spacial score (nSPS) is 12.3. The molecule has 0 amide bonds. The number of para-hydroxylation sites is 1. The molecule has 0 aliphatic carbocycles. The highest BCUT2D eigenvalue weighted by molar-refractivity contribution is 5.82. The lowest BCUT2D eigenvalue weighted by Gasteiger charge is -2.12. The van der Waals surface area contributed by atoms with Gasteiger partial charge in [-0.3, -0.25) is 9.78 Å². The molecule has 4 nitrogen and oxygen atoms in total. The fourth-order valence-electron chi connectivity index (χ4n) is 2.21. The van der Waals surface area contributed by atoms with Gasteiger partial charge < -0.3 is 9.84 Å². The van der Waals surface area contributed by atoms with Crippen molar-refractivity contribution in [2.75, 3.05) is 6.61 Å². The number of benzene rings is 1. The first-order valence-corrected chi connectivity index (χ1v) is 7.39. The Morgan fingerprint density at radius 2 is 2.14 bits per heavy atom. The number of rotatable bonds is 7. The largest absolute Gasteiger partial charge is 0.466 e. The Hall–Kier alpha value is -1.94. The summed E-state index contributed by atoms with van der Waals surface area (Å²) in [5.41, 5.74) is 1.54. The van der Waals surface area contributed by atoms with Crippen molar-refractivity contribution in [2.45, 2.75) is 38.7 Å². The number of hydrogen-bond acceptors (Lipinski definition) is 4. The summed E-state index contributed by atoms with van der Waals surface area (Å²) in [6, 6.07) is 9.52. The zero-order valence-corrected chi connectivity index (χ0v) is 12.3. The van der Waals surface area contributed by atoms with Crippen molar-refractivity contribution in [2.24, 2.45) is 0 Å². The number of pyridine rings is 1. The average molecular weight is 287 g/mol. The molecular weight excluding hydrogens is 266 g/mol. The van der Waals surface area contributed by atoms with Gasteiger partial charge in [0.25, 0.3) is 0 Å². The molecule has 0 bridgehead atoms. The van der Waals surface area contributed by atoms with Gasteiger partial charge in [-0.05, 0) is 18.9 Å². The standard InChI is InChI=1S/C17H21NO3/c1-2-3-12-21-16(20)10-9-15(19)14-8-4-6-13-7-5-11-18-17(13)14/h4-8,11,15,19H,2-3,9-10,12H2,1H3. The number of nitrogens with zero attached hydrogens (tertiary/aromatic N) is 1. The third kappa shape index (κ3) is 4.26. The van der Waals surface area contributed by atoms with Crippen LogP contribution in [0.2, 0.25) is 0 Å². The maximum Gasteiger partial charge on any atom is 0.305 e. The minimum atomic E-state index is -0.706. The van der Waals surface area contributed by atoms with Crippen molar-refractivity contribution in [3.05, 3.63) is 42.1 Å². The fourth-order valence-corrected chi connectivity index (χ4v) is 2.21. The first kappa shape index (κ1) is 15.4. The SMILES string of the molecule is CCCCOC(=O)CCC(O)c1cccc2cccnc12. The van der Waals surface area contributed by atoms with Crippen LogP contribution in [-0.2, 0) is 9.53 Å². The summed E-state index contributed by atoms with van der Waals surface area (Å²) >= 11 is 0. The number of aromatic nitrogens is 1. The van der Waals surface area contributed by atoms with E-state index < -0.39 is 6.10 Å². The van der Waals surface area contributed by atoms with Gasteiger partial charge >= 0.3 is 5.97 Å². The summed E-state index contributed by atoms with van der Waals surface area (Å²) in [6.45, 7) is 2.51. The van der Waals surface area contributed by atoms with Gasteiger partial charge in [0.15, 0.2) is 0 Å². The lowest BCUT2D eigenvalue weighted by Crippen LogP contribution is -2.08. The number of ether oxygens (including phenoxy) is 1. The highest BCUT2D eigenvalue weighted by atomic mass is 16.5. The smallest absolute Gasteiger partial charge is 0.305 e. The van der Waals surface area contributed by atoms with Crippen molar-refractivity contribution in [1.82, 2.24) is 4.98 Å². The van der Waals surface area contributed by atoms with Gasteiger partial charge in [-0.25, -0.2) is 0 Å². The Bertz CT molecular complexity index is 592. The van der Waals surface area contributed by atoms with Crippen LogP contribution in [0.25, 0.3) is 10.9 Å². The topological polar surface area (TPSA) is 59.4 Å². The second-order valence-corrected chi connectivity index (χ2v) is 5.05. The molecular formula is C17H21NO3. The van der Waals surface area contributed by atoms with Crippen LogP contribution >= 0.6 is 0 Å². The van der Waals surface area contributed by atoms with Crippen LogP contribution in [0, 0.1) is 0 Å². The van der Waals surface area contributed by atoms with Gasteiger partial charge in [-0.2, -0.15) is 0 Å². The van der Waals surface area contributed by atoms with Crippen molar-refractivity contribution in [3.63, 3.8) is 0 Å². The number of esters is 1. The Morgan fingerprint density at radius 3 is 2.95 bits per heavy atom. The second-order valence-electron chi connectivity index (χ2n) is 5.05. The molecule has 0 radical (unpaired) electrons. The number of carbonyl (C=O) groups is 1. The summed E-state index contributed by atoms with van der Waals surface area (Å²) in [5.74, 6) is -0.254. The zero-order chi connectivity index (χ0) is 15.1. The predicted octanol–water partition coefficient (Wildman–Crippen LogP) is 3.39. The Labute approximate surface area is 124 Å². The molecule has 2 rings (SSSR count). The van der Waals surface area contributed by atoms with E-state index in [1.54, 1.807) is 6.20 Å². The molecule has 1 N–H and O–H groups in total. The number of aliphatic hydroxyl groups excluding tert-OH is 1. The minimum Gasteiger partial charge on any atom is -0.466 e. The molecule has 4 heteroatoms. The molecule has 0 saturated carbocycles. The Morgan fingerprint density at radius 1 is 1.33 bits per heavy atom. The number of carbonyl (C=O) groups excluding carboxylic acids is 1. The summed E-state index contributed by atoms with van der Waals surface area (Å²) in [4.78, 5) is 15.9. The predicted molar refractivity (Wildman–Crippen MR) is 81.8 cm³/mol. The van der Waals surface area contributed by atoms with E-state index in [0.29, 0.717) is 13.0 Å². The molecule has 1 aromatic heterocycles. The third-order valence-corrected chi connectivity index (χ3v) is 3.41. The summed E-state index contributed by atoms with van der Waals surface area (Å²) in [5, 5.41) is 11.3. The molecule has 1 aromatic carbocycles. The van der Waals surface area contributed by atoms with Gasteiger partial charge in [-0.15, -0.1) is 0 Å².